The molecule has 1 atom stereocenters. The molecule has 6 nitrogen and oxygen atoms in total. The standard InChI is InChI=1S/C13H18N4O2/c1-10(19)12-4-2-3-5-13(12)14-8-11-9-17(6-7-18)16-15-11/h2-5,9-10,14,18-19H,6-8H2,1H3. The second-order valence-corrected chi connectivity index (χ2v) is 4.31. The summed E-state index contributed by atoms with van der Waals surface area (Å²) >= 11 is 0. The molecule has 0 radical (unpaired) electrons. The van der Waals surface area contributed by atoms with Crippen LogP contribution in [0.15, 0.2) is 30.5 Å². The highest BCUT2D eigenvalue weighted by Crippen LogP contribution is 2.22. The molecule has 0 spiro atoms. The predicted octanol–water partition coefficient (Wildman–Crippen LogP) is 0.936. The number of rotatable bonds is 6. The number of aliphatic hydroxyl groups is 2. The Morgan fingerprint density at radius 3 is 2.89 bits per heavy atom. The zero-order valence-corrected chi connectivity index (χ0v) is 10.8. The predicted molar refractivity (Wildman–Crippen MR) is 71.5 cm³/mol. The normalized spacial score (nSPS) is 12.4. The van der Waals surface area contributed by atoms with Crippen molar-refractivity contribution >= 4 is 5.69 Å². The molecule has 0 amide bonds. The molecule has 0 aliphatic carbocycles. The van der Waals surface area contributed by atoms with Crippen LogP contribution in [0.3, 0.4) is 0 Å². The van der Waals surface area contributed by atoms with E-state index in [1.807, 2.05) is 24.3 Å². The van der Waals surface area contributed by atoms with Crippen molar-refractivity contribution in [3.63, 3.8) is 0 Å². The molecular weight excluding hydrogens is 244 g/mol. The van der Waals surface area contributed by atoms with Crippen LogP contribution in [0.1, 0.15) is 24.3 Å². The van der Waals surface area contributed by atoms with Crippen molar-refractivity contribution in [1.29, 1.82) is 0 Å². The zero-order chi connectivity index (χ0) is 13.7. The number of para-hydroxylation sites is 1. The fourth-order valence-corrected chi connectivity index (χ4v) is 1.84. The van der Waals surface area contributed by atoms with Gasteiger partial charge in [0.15, 0.2) is 0 Å². The van der Waals surface area contributed by atoms with Gasteiger partial charge in [-0.1, -0.05) is 23.4 Å². The summed E-state index contributed by atoms with van der Waals surface area (Å²) in [5, 5.41) is 29.6. The minimum absolute atomic E-state index is 0.0427. The van der Waals surface area contributed by atoms with Crippen molar-refractivity contribution in [1.82, 2.24) is 15.0 Å². The number of aromatic nitrogens is 3. The van der Waals surface area contributed by atoms with Crippen LogP contribution >= 0.6 is 0 Å². The van der Waals surface area contributed by atoms with Gasteiger partial charge in [0.1, 0.15) is 5.69 Å². The van der Waals surface area contributed by atoms with E-state index < -0.39 is 6.10 Å². The third kappa shape index (κ3) is 3.52. The molecule has 2 rings (SSSR count). The van der Waals surface area contributed by atoms with Crippen LogP contribution in [-0.2, 0) is 13.1 Å². The van der Waals surface area contributed by atoms with Gasteiger partial charge in [-0.05, 0) is 13.0 Å². The Kier molecular flexibility index (Phi) is 4.48. The molecule has 0 fully saturated rings. The molecular formula is C13H18N4O2. The molecule has 6 heteroatoms. The van der Waals surface area contributed by atoms with E-state index in [1.165, 1.54) is 0 Å². The first kappa shape index (κ1) is 13.5. The number of benzene rings is 1. The number of aliphatic hydroxyl groups excluding tert-OH is 2. The maximum absolute atomic E-state index is 9.68. The van der Waals surface area contributed by atoms with Gasteiger partial charge < -0.3 is 15.5 Å². The molecule has 0 aliphatic heterocycles. The van der Waals surface area contributed by atoms with Gasteiger partial charge in [-0.2, -0.15) is 0 Å². The van der Waals surface area contributed by atoms with Gasteiger partial charge in [-0.3, -0.25) is 0 Å². The lowest BCUT2D eigenvalue weighted by Gasteiger charge is -2.12. The molecule has 0 saturated heterocycles. The highest BCUT2D eigenvalue weighted by Gasteiger charge is 2.07. The topological polar surface area (TPSA) is 83.2 Å². The van der Waals surface area contributed by atoms with Crippen molar-refractivity contribution in [2.24, 2.45) is 0 Å². The van der Waals surface area contributed by atoms with E-state index in [-0.39, 0.29) is 6.61 Å². The van der Waals surface area contributed by atoms with Gasteiger partial charge in [0.25, 0.3) is 0 Å². The monoisotopic (exact) mass is 262 g/mol. The Morgan fingerprint density at radius 1 is 1.37 bits per heavy atom. The summed E-state index contributed by atoms with van der Waals surface area (Å²) < 4.78 is 1.59. The Bertz CT molecular complexity index is 525. The summed E-state index contributed by atoms with van der Waals surface area (Å²) in [6.45, 7) is 2.74. The van der Waals surface area contributed by atoms with Gasteiger partial charge in [0, 0.05) is 11.3 Å². The smallest absolute Gasteiger partial charge is 0.102 e. The van der Waals surface area contributed by atoms with Crippen molar-refractivity contribution in [2.45, 2.75) is 26.1 Å². The van der Waals surface area contributed by atoms with Crippen LogP contribution < -0.4 is 5.32 Å². The van der Waals surface area contributed by atoms with Crippen molar-refractivity contribution in [3.8, 4) is 0 Å². The molecule has 3 N–H and O–H groups in total. The summed E-state index contributed by atoms with van der Waals surface area (Å²) in [5.74, 6) is 0. The lowest BCUT2D eigenvalue weighted by molar-refractivity contribution is 0.200. The molecule has 1 aromatic heterocycles. The highest BCUT2D eigenvalue weighted by atomic mass is 16.3. The van der Waals surface area contributed by atoms with Crippen LogP contribution in [-0.4, -0.2) is 31.8 Å². The minimum atomic E-state index is -0.520. The quantitative estimate of drug-likeness (QED) is 0.721. The van der Waals surface area contributed by atoms with Crippen LogP contribution in [0.25, 0.3) is 0 Å². The summed E-state index contributed by atoms with van der Waals surface area (Å²) in [7, 11) is 0. The highest BCUT2D eigenvalue weighted by molar-refractivity contribution is 5.52. The average Bonchev–Trinajstić information content (AvgIpc) is 2.85. The van der Waals surface area contributed by atoms with Gasteiger partial charge in [0.2, 0.25) is 0 Å². The third-order valence-electron chi connectivity index (χ3n) is 2.79. The maximum Gasteiger partial charge on any atom is 0.102 e. The second-order valence-electron chi connectivity index (χ2n) is 4.31. The minimum Gasteiger partial charge on any atom is -0.394 e. The largest absolute Gasteiger partial charge is 0.394 e. The Hall–Kier alpha value is -1.92. The van der Waals surface area contributed by atoms with E-state index in [0.717, 1.165) is 16.9 Å². The first-order valence-corrected chi connectivity index (χ1v) is 6.21. The maximum atomic E-state index is 9.68. The summed E-state index contributed by atoms with van der Waals surface area (Å²) in [6.07, 6.45) is 1.27. The molecule has 1 heterocycles. The van der Waals surface area contributed by atoms with Crippen LogP contribution in [0.2, 0.25) is 0 Å². The zero-order valence-electron chi connectivity index (χ0n) is 10.8. The lowest BCUT2D eigenvalue weighted by atomic mass is 10.1. The average molecular weight is 262 g/mol. The van der Waals surface area contributed by atoms with Gasteiger partial charge >= 0.3 is 0 Å². The molecule has 0 aliphatic rings. The van der Waals surface area contributed by atoms with Crippen LogP contribution in [0, 0.1) is 0 Å². The van der Waals surface area contributed by atoms with E-state index in [2.05, 4.69) is 15.6 Å². The van der Waals surface area contributed by atoms with Crippen molar-refractivity contribution in [3.05, 3.63) is 41.7 Å². The fourth-order valence-electron chi connectivity index (χ4n) is 1.84. The molecule has 0 bridgehead atoms. The van der Waals surface area contributed by atoms with E-state index in [1.54, 1.807) is 17.8 Å². The number of hydrogen-bond donors (Lipinski definition) is 3. The van der Waals surface area contributed by atoms with Crippen molar-refractivity contribution in [2.75, 3.05) is 11.9 Å². The SMILES string of the molecule is CC(O)c1ccccc1NCc1cn(CCO)nn1. The molecule has 2 aromatic rings. The second kappa shape index (κ2) is 6.31. The number of nitrogens with zero attached hydrogens (tertiary/aromatic N) is 3. The van der Waals surface area contributed by atoms with Gasteiger partial charge in [-0.15, -0.1) is 5.10 Å². The summed E-state index contributed by atoms with van der Waals surface area (Å²) in [5.41, 5.74) is 2.52. The Balaban J connectivity index is 2.01. The summed E-state index contributed by atoms with van der Waals surface area (Å²) in [4.78, 5) is 0. The van der Waals surface area contributed by atoms with E-state index >= 15 is 0 Å². The molecule has 19 heavy (non-hydrogen) atoms. The third-order valence-corrected chi connectivity index (χ3v) is 2.79. The molecule has 0 saturated carbocycles. The first-order chi connectivity index (χ1) is 9.20. The van der Waals surface area contributed by atoms with Gasteiger partial charge in [-0.25, -0.2) is 4.68 Å². The van der Waals surface area contributed by atoms with E-state index in [4.69, 9.17) is 5.11 Å². The van der Waals surface area contributed by atoms with Crippen LogP contribution in [0.4, 0.5) is 5.69 Å². The van der Waals surface area contributed by atoms with E-state index in [0.29, 0.717) is 13.1 Å². The van der Waals surface area contributed by atoms with E-state index in [9.17, 15) is 5.11 Å². The van der Waals surface area contributed by atoms with Gasteiger partial charge in [0.05, 0.1) is 32.0 Å². The summed E-state index contributed by atoms with van der Waals surface area (Å²) in [6, 6.07) is 7.61. The molecule has 1 aromatic carbocycles. The lowest BCUT2D eigenvalue weighted by Crippen LogP contribution is -2.04. The number of nitrogens with one attached hydrogen (secondary N) is 1. The Labute approximate surface area is 111 Å². The molecule has 1 unspecified atom stereocenters. The van der Waals surface area contributed by atoms with Crippen molar-refractivity contribution < 1.29 is 10.2 Å². The first-order valence-electron chi connectivity index (χ1n) is 6.21. The number of hydrogen-bond acceptors (Lipinski definition) is 5. The molecule has 102 valence electrons. The fraction of sp³-hybridized carbons (Fsp3) is 0.385. The van der Waals surface area contributed by atoms with Crippen LogP contribution in [0.5, 0.6) is 0 Å². The number of anilines is 1. The Morgan fingerprint density at radius 2 is 2.16 bits per heavy atom.